The summed E-state index contributed by atoms with van der Waals surface area (Å²) in [7, 11) is 0. The molecule has 0 atom stereocenters. The third-order valence-corrected chi connectivity index (χ3v) is 4.08. The number of rotatable bonds is 3. The van der Waals surface area contributed by atoms with Crippen LogP contribution in [-0.2, 0) is 6.54 Å². The van der Waals surface area contributed by atoms with Gasteiger partial charge in [0.2, 0.25) is 0 Å². The van der Waals surface area contributed by atoms with Crippen molar-refractivity contribution < 1.29 is 14.6 Å². The van der Waals surface area contributed by atoms with E-state index in [0.717, 1.165) is 32.8 Å². The molecule has 5 heteroatoms. The molecule has 2 N–H and O–H groups in total. The molecule has 0 unspecified atom stereocenters. The molecule has 1 heterocycles. The smallest absolute Gasteiger partial charge is 0.163 e. The zero-order chi connectivity index (χ0) is 14.8. The summed E-state index contributed by atoms with van der Waals surface area (Å²) in [5, 5.41) is 13.3. The lowest BCUT2D eigenvalue weighted by molar-refractivity contribution is 0.171. The van der Waals surface area contributed by atoms with E-state index in [-0.39, 0.29) is 0 Å². The molecule has 0 fully saturated rings. The van der Waals surface area contributed by atoms with Crippen LogP contribution in [-0.4, -0.2) is 18.3 Å². The Bertz CT molecular complexity index is 673. The maximum Gasteiger partial charge on any atom is 0.163 e. The van der Waals surface area contributed by atoms with Gasteiger partial charge in [-0.1, -0.05) is 18.2 Å². The lowest BCUT2D eigenvalue weighted by Gasteiger charge is -2.20. The van der Waals surface area contributed by atoms with Gasteiger partial charge < -0.3 is 19.9 Å². The van der Waals surface area contributed by atoms with Gasteiger partial charge in [-0.05, 0) is 28.4 Å². The summed E-state index contributed by atoms with van der Waals surface area (Å²) in [6, 6.07) is 9.53. The van der Waals surface area contributed by atoms with Crippen LogP contribution in [0.2, 0.25) is 0 Å². The van der Waals surface area contributed by atoms with Gasteiger partial charge >= 0.3 is 0 Å². The number of para-hydroxylation sites is 1. The first-order valence-electron chi connectivity index (χ1n) is 6.75. The van der Waals surface area contributed by atoms with E-state index in [1.807, 2.05) is 37.3 Å². The number of ether oxygens (including phenoxy) is 2. The highest BCUT2D eigenvalue weighted by Crippen LogP contribution is 2.38. The zero-order valence-corrected chi connectivity index (χ0v) is 13.2. The summed E-state index contributed by atoms with van der Waals surface area (Å²) in [5.41, 5.74) is 2.63. The molecular formula is C16H16BrNO3. The molecule has 0 spiro atoms. The lowest BCUT2D eigenvalue weighted by atomic mass is 10.1. The Hall–Kier alpha value is -1.88. The van der Waals surface area contributed by atoms with Crippen LogP contribution in [0.5, 0.6) is 17.2 Å². The third kappa shape index (κ3) is 2.93. The van der Waals surface area contributed by atoms with Crippen molar-refractivity contribution in [3.8, 4) is 17.2 Å². The first-order chi connectivity index (χ1) is 10.1. The number of anilines is 1. The van der Waals surface area contributed by atoms with E-state index in [9.17, 15) is 5.11 Å². The molecule has 0 amide bonds. The predicted molar refractivity (Wildman–Crippen MR) is 85.3 cm³/mol. The monoisotopic (exact) mass is 349 g/mol. The maximum absolute atomic E-state index is 10.0. The number of hydrogen-bond acceptors (Lipinski definition) is 4. The van der Waals surface area contributed by atoms with Crippen molar-refractivity contribution in [3.05, 3.63) is 45.9 Å². The number of benzene rings is 2. The Morgan fingerprint density at radius 2 is 1.90 bits per heavy atom. The number of aryl methyl sites for hydroxylation is 1. The van der Waals surface area contributed by atoms with Crippen molar-refractivity contribution in [1.82, 2.24) is 0 Å². The zero-order valence-electron chi connectivity index (χ0n) is 11.6. The van der Waals surface area contributed by atoms with Crippen LogP contribution in [0.4, 0.5) is 5.69 Å². The highest BCUT2D eigenvalue weighted by molar-refractivity contribution is 9.10. The van der Waals surface area contributed by atoms with Crippen LogP contribution < -0.4 is 14.8 Å². The van der Waals surface area contributed by atoms with E-state index < -0.39 is 0 Å². The summed E-state index contributed by atoms with van der Waals surface area (Å²) >= 11 is 3.52. The van der Waals surface area contributed by atoms with Gasteiger partial charge in [-0.15, -0.1) is 0 Å². The van der Waals surface area contributed by atoms with Gasteiger partial charge in [0, 0.05) is 28.7 Å². The minimum Gasteiger partial charge on any atom is -0.507 e. The van der Waals surface area contributed by atoms with Gasteiger partial charge in [0.1, 0.15) is 19.0 Å². The van der Waals surface area contributed by atoms with E-state index in [0.29, 0.717) is 25.5 Å². The number of halogens is 1. The second kappa shape index (κ2) is 5.85. The number of phenolic OH excluding ortho intramolecular Hbond substituents is 1. The average Bonchev–Trinajstić information content (AvgIpc) is 2.49. The van der Waals surface area contributed by atoms with Crippen LogP contribution in [0.3, 0.4) is 0 Å². The largest absolute Gasteiger partial charge is 0.507 e. The second-order valence-corrected chi connectivity index (χ2v) is 5.77. The van der Waals surface area contributed by atoms with Crippen LogP contribution in [0.25, 0.3) is 0 Å². The number of nitrogens with one attached hydrogen (secondary N) is 1. The molecule has 0 aliphatic carbocycles. The molecule has 1 aliphatic rings. The number of fused-ring (bicyclic) bond motifs is 1. The maximum atomic E-state index is 10.0. The predicted octanol–water partition coefficient (Wildman–Crippen LogP) is 3.85. The van der Waals surface area contributed by atoms with Gasteiger partial charge in [-0.25, -0.2) is 0 Å². The Kier molecular flexibility index (Phi) is 3.92. The van der Waals surface area contributed by atoms with Gasteiger partial charge in [-0.3, -0.25) is 0 Å². The fourth-order valence-electron chi connectivity index (χ4n) is 2.25. The summed E-state index contributed by atoms with van der Waals surface area (Å²) in [6.07, 6.45) is 0. The third-order valence-electron chi connectivity index (χ3n) is 3.42. The molecule has 0 saturated heterocycles. The molecule has 2 aromatic rings. The molecule has 0 saturated carbocycles. The van der Waals surface area contributed by atoms with Crippen LogP contribution in [0.15, 0.2) is 34.8 Å². The Labute approximate surface area is 131 Å². The fraction of sp³-hybridized carbons (Fsp3) is 0.250. The highest BCUT2D eigenvalue weighted by atomic mass is 79.9. The molecule has 0 aromatic heterocycles. The van der Waals surface area contributed by atoms with Crippen LogP contribution in [0, 0.1) is 6.92 Å². The fourth-order valence-corrected chi connectivity index (χ4v) is 2.71. The van der Waals surface area contributed by atoms with E-state index in [1.165, 1.54) is 0 Å². The number of aromatic hydroxyl groups is 1. The number of phenols is 1. The van der Waals surface area contributed by atoms with Crippen molar-refractivity contribution in [2.45, 2.75) is 13.5 Å². The number of hydrogen-bond donors (Lipinski definition) is 2. The minimum atomic E-state index is 0.332. The second-order valence-electron chi connectivity index (χ2n) is 4.91. The molecule has 0 radical (unpaired) electrons. The first-order valence-corrected chi connectivity index (χ1v) is 7.55. The van der Waals surface area contributed by atoms with E-state index in [1.54, 1.807) is 0 Å². The Morgan fingerprint density at radius 1 is 1.19 bits per heavy atom. The van der Waals surface area contributed by atoms with Crippen LogP contribution >= 0.6 is 15.9 Å². The SMILES string of the molecule is Cc1cccc(CNc2cc3c(cc2Br)OCCO3)c1O. The highest BCUT2D eigenvalue weighted by Gasteiger charge is 2.15. The van der Waals surface area contributed by atoms with Crippen molar-refractivity contribution in [2.24, 2.45) is 0 Å². The molecular weight excluding hydrogens is 334 g/mol. The van der Waals surface area contributed by atoms with Gasteiger partial charge in [-0.2, -0.15) is 0 Å². The Morgan fingerprint density at radius 3 is 2.67 bits per heavy atom. The molecule has 2 aromatic carbocycles. The van der Waals surface area contributed by atoms with E-state index >= 15 is 0 Å². The summed E-state index contributed by atoms with van der Waals surface area (Å²) in [6.45, 7) is 3.56. The van der Waals surface area contributed by atoms with E-state index in [2.05, 4.69) is 21.2 Å². The lowest BCUT2D eigenvalue weighted by Crippen LogP contribution is -2.15. The van der Waals surface area contributed by atoms with Gasteiger partial charge in [0.25, 0.3) is 0 Å². The molecule has 4 nitrogen and oxygen atoms in total. The minimum absolute atomic E-state index is 0.332. The van der Waals surface area contributed by atoms with Crippen molar-refractivity contribution >= 4 is 21.6 Å². The van der Waals surface area contributed by atoms with E-state index in [4.69, 9.17) is 9.47 Å². The topological polar surface area (TPSA) is 50.7 Å². The Balaban J connectivity index is 1.80. The molecule has 1 aliphatic heterocycles. The van der Waals surface area contributed by atoms with Crippen molar-refractivity contribution in [1.29, 1.82) is 0 Å². The standard InChI is InChI=1S/C16H16BrNO3/c1-10-3-2-4-11(16(10)19)9-18-13-8-15-14(7-12(13)17)20-5-6-21-15/h2-4,7-8,18-19H,5-6,9H2,1H3. The van der Waals surface area contributed by atoms with Crippen molar-refractivity contribution in [2.75, 3.05) is 18.5 Å². The van der Waals surface area contributed by atoms with Gasteiger partial charge in [0.15, 0.2) is 11.5 Å². The summed E-state index contributed by atoms with van der Waals surface area (Å²) < 4.78 is 12.0. The molecule has 0 bridgehead atoms. The summed E-state index contributed by atoms with van der Waals surface area (Å²) in [5.74, 6) is 1.82. The molecule has 3 rings (SSSR count). The molecule has 21 heavy (non-hydrogen) atoms. The average molecular weight is 350 g/mol. The van der Waals surface area contributed by atoms with Crippen LogP contribution in [0.1, 0.15) is 11.1 Å². The summed E-state index contributed by atoms with van der Waals surface area (Å²) in [4.78, 5) is 0. The quantitative estimate of drug-likeness (QED) is 0.883. The van der Waals surface area contributed by atoms with Gasteiger partial charge in [0.05, 0.1) is 5.69 Å². The first kappa shape index (κ1) is 14.1. The van der Waals surface area contributed by atoms with Crippen molar-refractivity contribution in [3.63, 3.8) is 0 Å². The molecule has 110 valence electrons. The normalized spacial score (nSPS) is 13.0.